The smallest absolute Gasteiger partial charge is 0.261 e. The summed E-state index contributed by atoms with van der Waals surface area (Å²) in [5, 5.41) is 10.4. The van der Waals surface area contributed by atoms with Crippen LogP contribution in [0.25, 0.3) is 0 Å². The molecule has 0 bridgehead atoms. The van der Waals surface area contributed by atoms with Crippen molar-refractivity contribution in [2.75, 3.05) is 11.9 Å². The van der Waals surface area contributed by atoms with Crippen molar-refractivity contribution in [3.05, 3.63) is 52.2 Å². The van der Waals surface area contributed by atoms with Crippen LogP contribution >= 0.6 is 11.3 Å². The zero-order valence-corrected chi connectivity index (χ0v) is 16.4. The number of amides is 3. The molecular formula is C20H25N3O3S. The van der Waals surface area contributed by atoms with Crippen LogP contribution in [0.3, 0.4) is 0 Å². The Hall–Kier alpha value is -2.67. The third kappa shape index (κ3) is 7.22. The number of carbonyl (C=O) groups is 3. The van der Waals surface area contributed by atoms with Crippen LogP contribution in [0.5, 0.6) is 0 Å². The van der Waals surface area contributed by atoms with E-state index in [2.05, 4.69) is 16.0 Å². The lowest BCUT2D eigenvalue weighted by molar-refractivity contribution is -0.121. The lowest BCUT2D eigenvalue weighted by atomic mass is 10.1. The van der Waals surface area contributed by atoms with Crippen LogP contribution in [0, 0.1) is 5.92 Å². The summed E-state index contributed by atoms with van der Waals surface area (Å²) in [6.07, 6.45) is 0.919. The van der Waals surface area contributed by atoms with Gasteiger partial charge in [0.05, 0.1) is 4.88 Å². The van der Waals surface area contributed by atoms with Gasteiger partial charge in [0.1, 0.15) is 0 Å². The molecule has 0 saturated heterocycles. The average molecular weight is 388 g/mol. The van der Waals surface area contributed by atoms with Gasteiger partial charge in [-0.3, -0.25) is 14.4 Å². The summed E-state index contributed by atoms with van der Waals surface area (Å²) in [6.45, 7) is 4.52. The quantitative estimate of drug-likeness (QED) is 0.578. The Bertz CT molecular complexity index is 773. The van der Waals surface area contributed by atoms with Crippen LogP contribution in [0.1, 0.15) is 41.9 Å². The first-order chi connectivity index (χ1) is 13.0. The summed E-state index contributed by atoms with van der Waals surface area (Å²) < 4.78 is 0. The molecule has 1 aromatic heterocycles. The predicted molar refractivity (Wildman–Crippen MR) is 108 cm³/mol. The minimum Gasteiger partial charge on any atom is -0.352 e. The van der Waals surface area contributed by atoms with E-state index in [9.17, 15) is 14.4 Å². The Morgan fingerprint density at radius 2 is 1.89 bits per heavy atom. The number of carbonyl (C=O) groups excluding carboxylic acids is 3. The van der Waals surface area contributed by atoms with Crippen molar-refractivity contribution in [3.63, 3.8) is 0 Å². The van der Waals surface area contributed by atoms with Crippen LogP contribution in [-0.2, 0) is 16.1 Å². The molecule has 2 rings (SSSR count). The largest absolute Gasteiger partial charge is 0.352 e. The molecule has 3 amide bonds. The normalized spacial score (nSPS) is 10.5. The Kier molecular flexibility index (Phi) is 8.00. The number of nitrogens with one attached hydrogen (secondary N) is 3. The molecule has 3 N–H and O–H groups in total. The Morgan fingerprint density at radius 3 is 2.59 bits per heavy atom. The van der Waals surface area contributed by atoms with E-state index < -0.39 is 0 Å². The van der Waals surface area contributed by atoms with Crippen molar-refractivity contribution in [2.45, 2.75) is 33.2 Å². The minimum atomic E-state index is -0.106. The first-order valence-electron chi connectivity index (χ1n) is 8.94. The third-order valence-corrected chi connectivity index (χ3v) is 4.69. The molecule has 0 unspecified atom stereocenters. The van der Waals surface area contributed by atoms with Crippen LogP contribution in [0.4, 0.5) is 5.69 Å². The van der Waals surface area contributed by atoms with Crippen molar-refractivity contribution < 1.29 is 14.4 Å². The van der Waals surface area contributed by atoms with E-state index in [0.29, 0.717) is 30.8 Å². The van der Waals surface area contributed by atoms with E-state index in [1.807, 2.05) is 49.6 Å². The van der Waals surface area contributed by atoms with Crippen molar-refractivity contribution in [2.24, 2.45) is 5.92 Å². The summed E-state index contributed by atoms with van der Waals surface area (Å²) in [6, 6.07) is 11.0. The van der Waals surface area contributed by atoms with Crippen molar-refractivity contribution >= 4 is 34.7 Å². The van der Waals surface area contributed by atoms with Gasteiger partial charge in [-0.15, -0.1) is 11.3 Å². The van der Waals surface area contributed by atoms with Gasteiger partial charge in [0.25, 0.3) is 5.91 Å². The molecule has 144 valence electrons. The first-order valence-corrected chi connectivity index (χ1v) is 9.82. The number of thiophene rings is 1. The van der Waals surface area contributed by atoms with E-state index in [4.69, 9.17) is 0 Å². The second kappa shape index (κ2) is 10.5. The fraction of sp³-hybridized carbons (Fsp3) is 0.350. The SMILES string of the molecule is CC(C)C(=O)Nc1cccc(CNC(=O)CCCNC(=O)c2cccs2)c1. The molecule has 6 nitrogen and oxygen atoms in total. The zero-order valence-electron chi connectivity index (χ0n) is 15.6. The maximum Gasteiger partial charge on any atom is 0.261 e. The summed E-state index contributed by atoms with van der Waals surface area (Å²) in [4.78, 5) is 36.2. The van der Waals surface area contributed by atoms with Gasteiger partial charge in [-0.1, -0.05) is 32.0 Å². The van der Waals surface area contributed by atoms with Gasteiger partial charge < -0.3 is 16.0 Å². The number of anilines is 1. The van der Waals surface area contributed by atoms with Crippen molar-refractivity contribution in [3.8, 4) is 0 Å². The summed E-state index contributed by atoms with van der Waals surface area (Å²) >= 11 is 1.39. The molecule has 0 saturated carbocycles. The molecule has 0 radical (unpaired) electrons. The number of hydrogen-bond donors (Lipinski definition) is 3. The molecule has 1 aromatic carbocycles. The Balaban J connectivity index is 1.68. The highest BCUT2D eigenvalue weighted by atomic mass is 32.1. The van der Waals surface area contributed by atoms with E-state index in [0.717, 1.165) is 11.3 Å². The van der Waals surface area contributed by atoms with Crippen LogP contribution in [0.2, 0.25) is 0 Å². The Morgan fingerprint density at radius 1 is 1.07 bits per heavy atom. The second-order valence-corrected chi connectivity index (χ2v) is 7.41. The van der Waals surface area contributed by atoms with Gasteiger partial charge in [0, 0.05) is 31.1 Å². The Labute approximate surface area is 163 Å². The highest BCUT2D eigenvalue weighted by Crippen LogP contribution is 2.12. The van der Waals surface area contributed by atoms with Gasteiger partial charge in [-0.05, 0) is 35.6 Å². The second-order valence-electron chi connectivity index (χ2n) is 6.46. The highest BCUT2D eigenvalue weighted by Gasteiger charge is 2.08. The van der Waals surface area contributed by atoms with E-state index in [1.165, 1.54) is 11.3 Å². The van der Waals surface area contributed by atoms with E-state index in [-0.39, 0.29) is 23.6 Å². The molecule has 0 aliphatic carbocycles. The molecule has 0 atom stereocenters. The molecule has 0 aliphatic rings. The highest BCUT2D eigenvalue weighted by molar-refractivity contribution is 7.12. The average Bonchev–Trinajstić information content (AvgIpc) is 3.18. The maximum absolute atomic E-state index is 12.0. The lowest BCUT2D eigenvalue weighted by Gasteiger charge is -2.10. The molecular weight excluding hydrogens is 362 g/mol. The predicted octanol–water partition coefficient (Wildman–Crippen LogP) is 3.17. The molecule has 2 aromatic rings. The van der Waals surface area contributed by atoms with Crippen LogP contribution in [0.15, 0.2) is 41.8 Å². The maximum atomic E-state index is 12.0. The fourth-order valence-corrected chi connectivity index (χ4v) is 2.92. The van der Waals surface area contributed by atoms with Gasteiger partial charge in [-0.2, -0.15) is 0 Å². The monoisotopic (exact) mass is 387 g/mol. The first kappa shape index (κ1) is 20.6. The summed E-state index contributed by atoms with van der Waals surface area (Å²) in [5.41, 5.74) is 1.63. The van der Waals surface area contributed by atoms with E-state index in [1.54, 1.807) is 6.07 Å². The summed E-state index contributed by atoms with van der Waals surface area (Å²) in [5.74, 6) is -0.308. The molecule has 0 spiro atoms. The third-order valence-electron chi connectivity index (χ3n) is 3.82. The topological polar surface area (TPSA) is 87.3 Å². The molecule has 7 heteroatoms. The van der Waals surface area contributed by atoms with E-state index >= 15 is 0 Å². The number of benzene rings is 1. The zero-order chi connectivity index (χ0) is 19.6. The number of rotatable bonds is 9. The van der Waals surface area contributed by atoms with Gasteiger partial charge in [-0.25, -0.2) is 0 Å². The fourth-order valence-electron chi connectivity index (χ4n) is 2.28. The molecule has 1 heterocycles. The van der Waals surface area contributed by atoms with Gasteiger partial charge in [0.15, 0.2) is 0 Å². The van der Waals surface area contributed by atoms with Crippen LogP contribution in [-0.4, -0.2) is 24.3 Å². The van der Waals surface area contributed by atoms with Crippen molar-refractivity contribution in [1.82, 2.24) is 10.6 Å². The number of hydrogen-bond acceptors (Lipinski definition) is 4. The summed E-state index contributed by atoms with van der Waals surface area (Å²) in [7, 11) is 0. The standard InChI is InChI=1S/C20H25N3O3S/c1-14(2)19(25)23-16-7-3-6-15(12-16)13-22-18(24)9-4-10-21-20(26)17-8-5-11-27-17/h3,5-8,11-12,14H,4,9-10,13H2,1-2H3,(H,21,26)(H,22,24)(H,23,25). The molecule has 0 aliphatic heterocycles. The van der Waals surface area contributed by atoms with Gasteiger partial charge in [0.2, 0.25) is 11.8 Å². The minimum absolute atomic E-state index is 0.0409. The molecule has 27 heavy (non-hydrogen) atoms. The van der Waals surface area contributed by atoms with Crippen LogP contribution < -0.4 is 16.0 Å². The lowest BCUT2D eigenvalue weighted by Crippen LogP contribution is -2.27. The molecule has 0 fully saturated rings. The van der Waals surface area contributed by atoms with Crippen molar-refractivity contribution in [1.29, 1.82) is 0 Å². The van der Waals surface area contributed by atoms with Gasteiger partial charge >= 0.3 is 0 Å².